The SMILES string of the molecule is CC(=O)Oc1ccc2c([nH]c3ccccc32)c1Cl. The molecule has 3 rings (SSSR count). The zero-order chi connectivity index (χ0) is 12.7. The van der Waals surface area contributed by atoms with E-state index < -0.39 is 0 Å². The predicted molar refractivity (Wildman–Crippen MR) is 72.1 cm³/mol. The molecule has 0 unspecified atom stereocenters. The van der Waals surface area contributed by atoms with Crippen LogP contribution >= 0.6 is 11.6 Å². The molecule has 0 aliphatic rings. The van der Waals surface area contributed by atoms with Crippen molar-refractivity contribution in [3.05, 3.63) is 41.4 Å². The quantitative estimate of drug-likeness (QED) is 0.532. The second kappa shape index (κ2) is 4.03. The average molecular weight is 260 g/mol. The van der Waals surface area contributed by atoms with Gasteiger partial charge in [0.15, 0.2) is 5.75 Å². The molecule has 0 bridgehead atoms. The number of H-pyrrole nitrogens is 1. The molecular weight excluding hydrogens is 250 g/mol. The summed E-state index contributed by atoms with van der Waals surface area (Å²) in [6.07, 6.45) is 0. The number of ether oxygens (including phenoxy) is 1. The fourth-order valence-electron chi connectivity index (χ4n) is 2.10. The van der Waals surface area contributed by atoms with E-state index in [4.69, 9.17) is 16.3 Å². The fraction of sp³-hybridized carbons (Fsp3) is 0.0714. The van der Waals surface area contributed by atoms with Crippen LogP contribution in [0.4, 0.5) is 0 Å². The van der Waals surface area contributed by atoms with Gasteiger partial charge in [-0.1, -0.05) is 29.8 Å². The zero-order valence-electron chi connectivity index (χ0n) is 9.66. The van der Waals surface area contributed by atoms with E-state index in [2.05, 4.69) is 4.98 Å². The van der Waals surface area contributed by atoms with Gasteiger partial charge in [0.2, 0.25) is 0 Å². The van der Waals surface area contributed by atoms with Crippen molar-refractivity contribution in [2.75, 3.05) is 0 Å². The van der Waals surface area contributed by atoms with Crippen LogP contribution in [-0.4, -0.2) is 11.0 Å². The lowest BCUT2D eigenvalue weighted by Crippen LogP contribution is -2.01. The van der Waals surface area contributed by atoms with Crippen LogP contribution in [-0.2, 0) is 4.79 Å². The number of halogens is 1. The molecule has 0 atom stereocenters. The molecule has 0 radical (unpaired) electrons. The second-order valence-corrected chi connectivity index (χ2v) is 4.44. The van der Waals surface area contributed by atoms with Gasteiger partial charge in [0.25, 0.3) is 0 Å². The van der Waals surface area contributed by atoms with E-state index >= 15 is 0 Å². The third-order valence-electron chi connectivity index (χ3n) is 2.84. The number of fused-ring (bicyclic) bond motifs is 3. The molecule has 1 aromatic heterocycles. The summed E-state index contributed by atoms with van der Waals surface area (Å²) < 4.78 is 5.06. The zero-order valence-corrected chi connectivity index (χ0v) is 10.4. The summed E-state index contributed by atoms with van der Waals surface area (Å²) >= 11 is 6.25. The molecule has 18 heavy (non-hydrogen) atoms. The molecule has 0 spiro atoms. The maximum atomic E-state index is 11.0. The van der Waals surface area contributed by atoms with E-state index in [1.807, 2.05) is 30.3 Å². The molecule has 3 nitrogen and oxygen atoms in total. The fourth-order valence-corrected chi connectivity index (χ4v) is 2.35. The molecule has 2 aromatic carbocycles. The van der Waals surface area contributed by atoms with Gasteiger partial charge in [-0.3, -0.25) is 4.79 Å². The number of hydrogen-bond donors (Lipinski definition) is 1. The standard InChI is InChI=1S/C14H10ClNO2/c1-8(17)18-12-7-6-10-9-4-2-3-5-11(9)16-14(10)13(12)15/h2-7,16H,1H3. The van der Waals surface area contributed by atoms with Gasteiger partial charge in [0, 0.05) is 23.2 Å². The van der Waals surface area contributed by atoms with Gasteiger partial charge in [0.05, 0.1) is 5.52 Å². The molecule has 1 heterocycles. The molecule has 1 N–H and O–H groups in total. The summed E-state index contributed by atoms with van der Waals surface area (Å²) in [5, 5.41) is 2.55. The normalized spacial score (nSPS) is 11.0. The lowest BCUT2D eigenvalue weighted by Gasteiger charge is -2.04. The molecule has 0 aliphatic carbocycles. The smallest absolute Gasteiger partial charge is 0.308 e. The first-order chi connectivity index (χ1) is 8.66. The highest BCUT2D eigenvalue weighted by molar-refractivity contribution is 6.37. The lowest BCUT2D eigenvalue weighted by atomic mass is 10.1. The van der Waals surface area contributed by atoms with Gasteiger partial charge in [-0.15, -0.1) is 0 Å². The van der Waals surface area contributed by atoms with E-state index in [1.54, 1.807) is 6.07 Å². The first kappa shape index (κ1) is 11.1. The van der Waals surface area contributed by atoms with E-state index in [0.29, 0.717) is 10.8 Å². The molecule has 0 amide bonds. The van der Waals surface area contributed by atoms with Gasteiger partial charge in [-0.05, 0) is 18.2 Å². The van der Waals surface area contributed by atoms with Crippen LogP contribution in [0.5, 0.6) is 5.75 Å². The summed E-state index contributed by atoms with van der Waals surface area (Å²) in [5.41, 5.74) is 1.80. The minimum absolute atomic E-state index is 0.378. The van der Waals surface area contributed by atoms with Crippen LogP contribution in [0.15, 0.2) is 36.4 Å². The van der Waals surface area contributed by atoms with Gasteiger partial charge < -0.3 is 9.72 Å². The Morgan fingerprint density at radius 1 is 1.17 bits per heavy atom. The van der Waals surface area contributed by atoms with Crippen molar-refractivity contribution < 1.29 is 9.53 Å². The average Bonchev–Trinajstić information content (AvgIpc) is 2.72. The summed E-state index contributed by atoms with van der Waals surface area (Å²) in [5.74, 6) is -0.00409. The first-order valence-corrected chi connectivity index (χ1v) is 5.92. The van der Waals surface area contributed by atoms with Crippen molar-refractivity contribution in [3.8, 4) is 5.75 Å². The maximum Gasteiger partial charge on any atom is 0.308 e. The Labute approximate surface area is 108 Å². The summed E-state index contributed by atoms with van der Waals surface area (Å²) in [7, 11) is 0. The van der Waals surface area contributed by atoms with Crippen LogP contribution in [0.25, 0.3) is 21.8 Å². The summed E-state index contributed by atoms with van der Waals surface area (Å²) in [6.45, 7) is 1.35. The molecular formula is C14H10ClNO2. The molecule has 3 aromatic rings. The molecule has 0 fully saturated rings. The van der Waals surface area contributed by atoms with E-state index in [0.717, 1.165) is 21.8 Å². The van der Waals surface area contributed by atoms with Crippen molar-refractivity contribution >= 4 is 39.4 Å². The minimum atomic E-state index is -0.382. The number of hydrogen-bond acceptors (Lipinski definition) is 2. The van der Waals surface area contributed by atoms with Crippen molar-refractivity contribution in [1.29, 1.82) is 0 Å². The van der Waals surface area contributed by atoms with E-state index in [-0.39, 0.29) is 5.97 Å². The van der Waals surface area contributed by atoms with Crippen LogP contribution in [0, 0.1) is 0 Å². The molecule has 0 saturated heterocycles. The van der Waals surface area contributed by atoms with Crippen molar-refractivity contribution in [2.45, 2.75) is 6.92 Å². The maximum absolute atomic E-state index is 11.0. The number of para-hydroxylation sites is 1. The second-order valence-electron chi connectivity index (χ2n) is 4.06. The minimum Gasteiger partial charge on any atom is -0.425 e. The van der Waals surface area contributed by atoms with Crippen molar-refractivity contribution in [1.82, 2.24) is 4.98 Å². The molecule has 0 aliphatic heterocycles. The number of benzene rings is 2. The highest BCUT2D eigenvalue weighted by atomic mass is 35.5. The van der Waals surface area contributed by atoms with E-state index in [1.165, 1.54) is 6.92 Å². The van der Waals surface area contributed by atoms with Crippen molar-refractivity contribution in [3.63, 3.8) is 0 Å². The highest BCUT2D eigenvalue weighted by Crippen LogP contribution is 2.36. The van der Waals surface area contributed by atoms with Gasteiger partial charge >= 0.3 is 5.97 Å². The Morgan fingerprint density at radius 3 is 2.72 bits per heavy atom. The lowest BCUT2D eigenvalue weighted by molar-refractivity contribution is -0.131. The largest absolute Gasteiger partial charge is 0.425 e. The molecule has 4 heteroatoms. The number of carbonyl (C=O) groups is 1. The first-order valence-electron chi connectivity index (χ1n) is 5.54. The monoisotopic (exact) mass is 259 g/mol. The van der Waals surface area contributed by atoms with Crippen molar-refractivity contribution in [2.24, 2.45) is 0 Å². The summed E-state index contributed by atoms with van der Waals surface area (Å²) in [4.78, 5) is 14.2. The summed E-state index contributed by atoms with van der Waals surface area (Å²) in [6, 6.07) is 11.6. The van der Waals surface area contributed by atoms with E-state index in [9.17, 15) is 4.79 Å². The number of aromatic amines is 1. The third-order valence-corrected chi connectivity index (χ3v) is 3.21. The Bertz CT molecular complexity index is 761. The Hall–Kier alpha value is -2.00. The number of esters is 1. The van der Waals surface area contributed by atoms with Gasteiger partial charge in [0.1, 0.15) is 5.02 Å². The molecule has 90 valence electrons. The molecule has 0 saturated carbocycles. The third kappa shape index (κ3) is 1.64. The topological polar surface area (TPSA) is 42.1 Å². The van der Waals surface area contributed by atoms with Crippen LogP contribution in [0.1, 0.15) is 6.92 Å². The number of carbonyl (C=O) groups excluding carboxylic acids is 1. The van der Waals surface area contributed by atoms with Crippen LogP contribution in [0.3, 0.4) is 0 Å². The van der Waals surface area contributed by atoms with Gasteiger partial charge in [-0.25, -0.2) is 0 Å². The Balaban J connectivity index is 2.32. The number of rotatable bonds is 1. The highest BCUT2D eigenvalue weighted by Gasteiger charge is 2.12. The Kier molecular flexibility index (Phi) is 2.49. The number of nitrogens with one attached hydrogen (secondary N) is 1. The van der Waals surface area contributed by atoms with Crippen LogP contribution < -0.4 is 4.74 Å². The number of aromatic nitrogens is 1. The van der Waals surface area contributed by atoms with Crippen LogP contribution in [0.2, 0.25) is 5.02 Å². The predicted octanol–water partition coefficient (Wildman–Crippen LogP) is 3.90. The van der Waals surface area contributed by atoms with Gasteiger partial charge in [-0.2, -0.15) is 0 Å². The Morgan fingerprint density at radius 2 is 1.94 bits per heavy atom.